The van der Waals surface area contributed by atoms with Gasteiger partial charge in [-0.3, -0.25) is 9.59 Å². The molecule has 3 fully saturated rings. The van der Waals surface area contributed by atoms with E-state index in [1.54, 1.807) is 7.11 Å². The highest BCUT2D eigenvalue weighted by Crippen LogP contribution is 2.60. The molecular formula is C38H41N2O5S2+. The van der Waals surface area contributed by atoms with Crippen molar-refractivity contribution in [3.63, 3.8) is 0 Å². The minimum Gasteiger partial charge on any atom is -0.497 e. The number of aliphatic hydroxyl groups is 1. The molecule has 0 amide bonds. The molecule has 47 heavy (non-hydrogen) atoms. The predicted molar refractivity (Wildman–Crippen MR) is 189 cm³/mol. The van der Waals surface area contributed by atoms with E-state index in [1.165, 1.54) is 47.6 Å². The number of hydrogen-bond donors (Lipinski definition) is 2. The Kier molecular flexibility index (Phi) is 8.76. The lowest BCUT2D eigenvalue weighted by Crippen LogP contribution is -2.51. The Morgan fingerprint density at radius 2 is 1.98 bits per heavy atom. The molecule has 9 heteroatoms. The summed E-state index contributed by atoms with van der Waals surface area (Å²) in [6.07, 6.45) is 12.8. The number of ether oxygens (including phenoxy) is 1. The van der Waals surface area contributed by atoms with Gasteiger partial charge >= 0.3 is 5.97 Å². The van der Waals surface area contributed by atoms with Crippen LogP contribution in [0, 0.1) is 11.8 Å². The van der Waals surface area contributed by atoms with E-state index in [0.717, 1.165) is 44.7 Å². The standard InChI is InChI=1S/C38H40N2O5S2/c1-23-30(20-35(42)43)37(38-40(22-41,24(2)46-38)21-25-8-5-4-6-9-25)47-34(36(23)44)19-26-12-17-33-31(18-26)29-10-7-11-32(29)39(33)27-13-15-28(45-3)16-14-27/h4-6,8-9,12-13,15-19,23,27,29-30,32,41H,2,7,10-11,14,20-22H2,1,3H3/p+1. The molecule has 7 nitrogen and oxygen atoms in total. The number of thioether (sulfide) groups is 2. The van der Waals surface area contributed by atoms with E-state index in [-0.39, 0.29) is 29.5 Å². The van der Waals surface area contributed by atoms with Crippen LogP contribution in [0.25, 0.3) is 6.08 Å². The fourth-order valence-electron chi connectivity index (χ4n) is 8.04. The van der Waals surface area contributed by atoms with Crippen molar-refractivity contribution in [1.82, 2.24) is 0 Å². The van der Waals surface area contributed by atoms with Gasteiger partial charge in [-0.25, -0.2) is 4.48 Å². The van der Waals surface area contributed by atoms with Crippen LogP contribution in [0.2, 0.25) is 0 Å². The zero-order chi connectivity index (χ0) is 32.9. The van der Waals surface area contributed by atoms with E-state index in [4.69, 9.17) is 4.74 Å². The Bertz CT molecular complexity index is 1750. The van der Waals surface area contributed by atoms with Gasteiger partial charge in [0.15, 0.2) is 22.6 Å². The summed E-state index contributed by atoms with van der Waals surface area (Å²) in [5.74, 6) is -0.595. The second kappa shape index (κ2) is 12.8. The third-order valence-electron chi connectivity index (χ3n) is 10.5. The van der Waals surface area contributed by atoms with Crippen molar-refractivity contribution in [3.8, 4) is 0 Å². The quantitative estimate of drug-likeness (QED) is 0.218. The maximum atomic E-state index is 13.9. The topological polar surface area (TPSA) is 87.1 Å². The van der Waals surface area contributed by atoms with Crippen molar-refractivity contribution in [1.29, 1.82) is 0 Å². The summed E-state index contributed by atoms with van der Waals surface area (Å²) in [5, 5.41) is 22.4. The molecule has 6 atom stereocenters. The Hall–Kier alpha value is -3.50. The molecule has 2 aromatic rings. The van der Waals surface area contributed by atoms with Crippen LogP contribution in [-0.4, -0.2) is 52.4 Å². The van der Waals surface area contributed by atoms with Crippen LogP contribution < -0.4 is 4.90 Å². The number of aliphatic hydroxyl groups excluding tert-OH is 1. The predicted octanol–water partition coefficient (Wildman–Crippen LogP) is 7.74. The van der Waals surface area contributed by atoms with Gasteiger partial charge in [0.05, 0.1) is 29.4 Å². The molecule has 3 heterocycles. The van der Waals surface area contributed by atoms with E-state index >= 15 is 0 Å². The van der Waals surface area contributed by atoms with Gasteiger partial charge in [-0.15, -0.1) is 0 Å². The van der Waals surface area contributed by atoms with Crippen molar-refractivity contribution in [3.05, 3.63) is 116 Å². The Labute approximate surface area is 285 Å². The number of ketones is 1. The number of carboxylic acid groups (broad SMARTS) is 1. The van der Waals surface area contributed by atoms with Crippen molar-refractivity contribution in [2.75, 3.05) is 18.7 Å². The highest BCUT2D eigenvalue weighted by molar-refractivity contribution is 8.11. The number of carbonyl (C=O) groups is 2. The first kappa shape index (κ1) is 32.1. The molecule has 1 saturated carbocycles. The maximum absolute atomic E-state index is 13.9. The summed E-state index contributed by atoms with van der Waals surface area (Å²) in [6.45, 7) is 6.42. The number of benzene rings is 2. The summed E-state index contributed by atoms with van der Waals surface area (Å²) >= 11 is 2.87. The van der Waals surface area contributed by atoms with Crippen LogP contribution in [0.4, 0.5) is 5.69 Å². The number of anilines is 1. The highest BCUT2D eigenvalue weighted by atomic mass is 32.2. The first-order valence-electron chi connectivity index (χ1n) is 16.4. The number of nitrogens with zero attached hydrogens (tertiary/aromatic N) is 2. The van der Waals surface area contributed by atoms with Gasteiger partial charge < -0.3 is 19.8 Å². The summed E-state index contributed by atoms with van der Waals surface area (Å²) in [4.78, 5) is 30.0. The lowest BCUT2D eigenvalue weighted by atomic mass is 9.86. The number of allylic oxidation sites excluding steroid dienone is 3. The first-order chi connectivity index (χ1) is 22.7. The number of methoxy groups -OCH3 is 1. The average Bonchev–Trinajstić information content (AvgIpc) is 3.67. The normalized spacial score (nSPS) is 32.2. The number of hydrogen-bond acceptors (Lipinski definition) is 7. The van der Waals surface area contributed by atoms with Gasteiger partial charge in [-0.05, 0) is 67.3 Å². The summed E-state index contributed by atoms with van der Waals surface area (Å²) in [6, 6.07) is 17.3. The number of fused-ring (bicyclic) bond motifs is 3. The van der Waals surface area contributed by atoms with E-state index in [1.807, 2.05) is 43.3 Å². The van der Waals surface area contributed by atoms with Crippen molar-refractivity contribution in [2.24, 2.45) is 11.8 Å². The highest BCUT2D eigenvalue weighted by Gasteiger charge is 2.53. The smallest absolute Gasteiger partial charge is 0.304 e. The number of carboxylic acids is 1. The van der Waals surface area contributed by atoms with Crippen LogP contribution in [-0.2, 0) is 20.9 Å². The Morgan fingerprint density at radius 1 is 1.17 bits per heavy atom. The zero-order valence-corrected chi connectivity index (χ0v) is 28.4. The number of carbonyl (C=O) groups excluding carboxylic acids is 1. The molecule has 2 aromatic carbocycles. The average molecular weight is 670 g/mol. The van der Waals surface area contributed by atoms with Crippen LogP contribution in [0.1, 0.15) is 61.6 Å². The second-order valence-electron chi connectivity index (χ2n) is 13.2. The fraction of sp³-hybridized carbons (Fsp3) is 0.368. The van der Waals surface area contributed by atoms with Gasteiger partial charge in [0.25, 0.3) is 0 Å². The molecule has 2 saturated heterocycles. The fourth-order valence-corrected chi connectivity index (χ4v) is 10.8. The molecule has 5 aliphatic rings. The number of Topliss-reactive ketones (excluding diaryl/α,β-unsaturated/α-hetero) is 1. The maximum Gasteiger partial charge on any atom is 0.304 e. The van der Waals surface area contributed by atoms with Gasteiger partial charge in [-0.1, -0.05) is 67.6 Å². The Balaban J connectivity index is 1.24. The second-order valence-corrected chi connectivity index (χ2v) is 15.3. The largest absolute Gasteiger partial charge is 0.497 e. The number of quaternary nitrogens is 1. The van der Waals surface area contributed by atoms with Crippen molar-refractivity contribution in [2.45, 2.75) is 63.6 Å². The van der Waals surface area contributed by atoms with E-state index in [0.29, 0.717) is 23.4 Å². The van der Waals surface area contributed by atoms with Crippen molar-refractivity contribution < 1.29 is 29.0 Å². The molecule has 0 spiro atoms. The van der Waals surface area contributed by atoms with Gasteiger partial charge in [0.1, 0.15) is 12.3 Å². The molecule has 7 rings (SSSR count). The lowest BCUT2D eigenvalue weighted by Gasteiger charge is -2.47. The SMILES string of the molecule is C=C1SC(=C2SC(=Cc3ccc4c(c3)C3CCCC3N4C3C=CC(OC)=CC3)C(=O)C(C)C2CC(=O)O)[N+]1(CO)Cc1ccccc1. The third kappa shape index (κ3) is 5.61. The van der Waals surface area contributed by atoms with E-state index < -0.39 is 17.8 Å². The summed E-state index contributed by atoms with van der Waals surface area (Å²) in [5.41, 5.74) is 4.67. The van der Waals surface area contributed by atoms with Gasteiger partial charge in [0.2, 0.25) is 0 Å². The molecule has 3 aliphatic heterocycles. The first-order valence-corrected chi connectivity index (χ1v) is 18.0. The van der Waals surface area contributed by atoms with E-state index in [9.17, 15) is 19.8 Å². The Morgan fingerprint density at radius 3 is 2.66 bits per heavy atom. The molecule has 0 aromatic heterocycles. The van der Waals surface area contributed by atoms with Gasteiger partial charge in [-0.2, -0.15) is 0 Å². The minimum atomic E-state index is -0.940. The molecule has 6 unspecified atom stereocenters. The lowest BCUT2D eigenvalue weighted by molar-refractivity contribution is -0.882. The molecule has 2 N–H and O–H groups in total. The van der Waals surface area contributed by atoms with Gasteiger partial charge in [0, 0.05) is 46.8 Å². The molecule has 2 aliphatic carbocycles. The number of rotatable bonds is 8. The molecular weight excluding hydrogens is 629 g/mol. The molecule has 0 bridgehead atoms. The monoisotopic (exact) mass is 669 g/mol. The summed E-state index contributed by atoms with van der Waals surface area (Å²) in [7, 11) is 1.71. The minimum absolute atomic E-state index is 0.0344. The van der Waals surface area contributed by atoms with Crippen LogP contribution in [0.3, 0.4) is 0 Å². The molecule has 244 valence electrons. The zero-order valence-electron chi connectivity index (χ0n) is 26.8. The van der Waals surface area contributed by atoms with Crippen LogP contribution >= 0.6 is 23.5 Å². The number of aliphatic carboxylic acids is 1. The molecule has 0 radical (unpaired) electrons. The third-order valence-corrected chi connectivity index (χ3v) is 13.3. The van der Waals surface area contributed by atoms with Crippen LogP contribution in [0.15, 0.2) is 99.0 Å². The van der Waals surface area contributed by atoms with Crippen LogP contribution in [0.5, 0.6) is 0 Å². The van der Waals surface area contributed by atoms with E-state index in [2.05, 4.69) is 47.9 Å². The van der Waals surface area contributed by atoms with Crippen molar-refractivity contribution >= 4 is 47.0 Å². The summed E-state index contributed by atoms with van der Waals surface area (Å²) < 4.78 is 5.59.